The number of carbonyl (C=O) groups excluding carboxylic acids is 2. The van der Waals surface area contributed by atoms with Gasteiger partial charge in [-0.2, -0.15) is 0 Å². The van der Waals surface area contributed by atoms with Crippen LogP contribution in [0.2, 0.25) is 0 Å². The summed E-state index contributed by atoms with van der Waals surface area (Å²) in [5.41, 5.74) is 0. The van der Waals surface area contributed by atoms with Crippen molar-refractivity contribution in [1.82, 2.24) is 0 Å². The molecule has 0 N–H and O–H groups in total. The van der Waals surface area contributed by atoms with Crippen LogP contribution in [-0.4, -0.2) is 24.1 Å². The van der Waals surface area contributed by atoms with Gasteiger partial charge < -0.3 is 9.47 Å². The summed E-state index contributed by atoms with van der Waals surface area (Å²) in [5, 5.41) is 0. The highest BCUT2D eigenvalue weighted by atomic mass is 16.6. The van der Waals surface area contributed by atoms with Gasteiger partial charge in [0, 0.05) is 12.8 Å². The molecule has 0 aromatic rings. The molecule has 2 aliphatic rings. The van der Waals surface area contributed by atoms with Gasteiger partial charge in [-0.25, -0.2) is 0 Å². The van der Waals surface area contributed by atoms with Gasteiger partial charge in [-0.05, 0) is 25.7 Å². The van der Waals surface area contributed by atoms with Crippen molar-refractivity contribution in [1.29, 1.82) is 0 Å². The summed E-state index contributed by atoms with van der Waals surface area (Å²) in [4.78, 5) is 22.8. The van der Waals surface area contributed by atoms with E-state index >= 15 is 0 Å². The third-order valence-corrected chi connectivity index (χ3v) is 3.33. The molecular formula is C13H16O4. The maximum Gasteiger partial charge on any atom is 0.310 e. The first-order valence-corrected chi connectivity index (χ1v) is 6.04. The minimum absolute atomic E-state index is 0.185. The molecule has 0 saturated carbocycles. The van der Waals surface area contributed by atoms with Crippen LogP contribution in [0, 0.1) is 18.3 Å². The first-order chi connectivity index (χ1) is 8.20. The number of hydrogen-bond donors (Lipinski definition) is 0. The zero-order valence-corrected chi connectivity index (χ0v) is 9.69. The van der Waals surface area contributed by atoms with Crippen molar-refractivity contribution in [2.45, 2.75) is 50.7 Å². The first-order valence-electron chi connectivity index (χ1n) is 6.04. The molecule has 2 heterocycles. The number of cyclic esters (lactones) is 2. The smallest absolute Gasteiger partial charge is 0.310 e. The van der Waals surface area contributed by atoms with E-state index in [1.807, 2.05) is 0 Å². The molecular weight excluding hydrogens is 220 g/mol. The minimum atomic E-state index is -0.277. The number of terminal acetylenes is 1. The summed E-state index contributed by atoms with van der Waals surface area (Å²) in [6, 6.07) is 0. The molecule has 2 rings (SSSR count). The minimum Gasteiger partial charge on any atom is -0.458 e. The zero-order valence-electron chi connectivity index (χ0n) is 9.69. The van der Waals surface area contributed by atoms with Gasteiger partial charge in [0.15, 0.2) is 0 Å². The molecule has 0 aromatic heterocycles. The SMILES string of the molecule is C#CCC1CCC(C2CCCC(=O)O2)OC1=O. The number of carbonyl (C=O) groups is 2. The van der Waals surface area contributed by atoms with Gasteiger partial charge in [-0.1, -0.05) is 0 Å². The maximum atomic E-state index is 11.7. The Hall–Kier alpha value is -1.50. The van der Waals surface area contributed by atoms with Gasteiger partial charge >= 0.3 is 11.9 Å². The maximum absolute atomic E-state index is 11.7. The first kappa shape index (κ1) is 12.0. The average molecular weight is 236 g/mol. The van der Waals surface area contributed by atoms with E-state index in [2.05, 4.69) is 5.92 Å². The molecule has 2 aliphatic heterocycles. The Kier molecular flexibility index (Phi) is 3.68. The van der Waals surface area contributed by atoms with Crippen molar-refractivity contribution >= 4 is 11.9 Å². The molecule has 0 amide bonds. The summed E-state index contributed by atoms with van der Waals surface area (Å²) in [6.07, 6.45) is 8.60. The third-order valence-electron chi connectivity index (χ3n) is 3.33. The largest absolute Gasteiger partial charge is 0.458 e. The van der Waals surface area contributed by atoms with E-state index in [1.54, 1.807) is 0 Å². The second-order valence-electron chi connectivity index (χ2n) is 4.58. The van der Waals surface area contributed by atoms with Gasteiger partial charge in [0.1, 0.15) is 12.2 Å². The highest BCUT2D eigenvalue weighted by molar-refractivity contribution is 5.74. The van der Waals surface area contributed by atoms with E-state index in [1.165, 1.54) is 0 Å². The van der Waals surface area contributed by atoms with Crippen LogP contribution in [-0.2, 0) is 19.1 Å². The molecule has 17 heavy (non-hydrogen) atoms. The molecule has 2 fully saturated rings. The van der Waals surface area contributed by atoms with E-state index in [-0.39, 0.29) is 30.1 Å². The van der Waals surface area contributed by atoms with Crippen molar-refractivity contribution in [2.75, 3.05) is 0 Å². The Morgan fingerprint density at radius 2 is 1.94 bits per heavy atom. The Bertz CT molecular complexity index is 355. The van der Waals surface area contributed by atoms with Crippen molar-refractivity contribution in [2.24, 2.45) is 5.92 Å². The zero-order chi connectivity index (χ0) is 12.3. The molecule has 3 atom stereocenters. The molecule has 0 spiro atoms. The van der Waals surface area contributed by atoms with Crippen molar-refractivity contribution in [3.63, 3.8) is 0 Å². The van der Waals surface area contributed by atoms with Gasteiger partial charge in [-0.15, -0.1) is 12.3 Å². The Morgan fingerprint density at radius 1 is 1.18 bits per heavy atom. The lowest BCUT2D eigenvalue weighted by Crippen LogP contribution is -2.42. The second kappa shape index (κ2) is 5.22. The highest BCUT2D eigenvalue weighted by Crippen LogP contribution is 2.29. The van der Waals surface area contributed by atoms with E-state index < -0.39 is 0 Å². The number of rotatable bonds is 2. The number of esters is 2. The van der Waals surface area contributed by atoms with Crippen LogP contribution in [0.25, 0.3) is 0 Å². The van der Waals surface area contributed by atoms with Crippen molar-refractivity contribution < 1.29 is 19.1 Å². The van der Waals surface area contributed by atoms with Crippen LogP contribution >= 0.6 is 0 Å². The molecule has 92 valence electrons. The topological polar surface area (TPSA) is 52.6 Å². The van der Waals surface area contributed by atoms with E-state index in [4.69, 9.17) is 15.9 Å². The van der Waals surface area contributed by atoms with E-state index in [0.29, 0.717) is 12.8 Å². The van der Waals surface area contributed by atoms with E-state index in [9.17, 15) is 9.59 Å². The molecule has 2 saturated heterocycles. The standard InChI is InChI=1S/C13H16O4/c1-2-4-9-7-8-11(17-13(9)15)10-5-3-6-12(14)16-10/h1,9-11H,3-8H2. The lowest BCUT2D eigenvalue weighted by Gasteiger charge is -2.34. The van der Waals surface area contributed by atoms with Gasteiger partial charge in [0.05, 0.1) is 5.92 Å². The Balaban J connectivity index is 1.90. The Labute approximate surface area is 101 Å². The monoisotopic (exact) mass is 236 g/mol. The summed E-state index contributed by atoms with van der Waals surface area (Å²) in [6.45, 7) is 0. The lowest BCUT2D eigenvalue weighted by molar-refractivity contribution is -0.181. The van der Waals surface area contributed by atoms with E-state index in [0.717, 1.165) is 25.7 Å². The quantitative estimate of drug-likeness (QED) is 0.537. The molecule has 3 unspecified atom stereocenters. The van der Waals surface area contributed by atoms with Crippen LogP contribution in [0.5, 0.6) is 0 Å². The molecule has 0 bridgehead atoms. The molecule has 0 radical (unpaired) electrons. The number of ether oxygens (including phenoxy) is 2. The molecule has 0 aliphatic carbocycles. The van der Waals surface area contributed by atoms with Crippen molar-refractivity contribution in [3.05, 3.63) is 0 Å². The third kappa shape index (κ3) is 2.79. The van der Waals surface area contributed by atoms with Crippen LogP contribution < -0.4 is 0 Å². The van der Waals surface area contributed by atoms with Crippen LogP contribution in [0.1, 0.15) is 38.5 Å². The molecule has 4 nitrogen and oxygen atoms in total. The Morgan fingerprint density at radius 3 is 2.59 bits per heavy atom. The lowest BCUT2D eigenvalue weighted by atomic mass is 9.91. The summed E-state index contributed by atoms with van der Waals surface area (Å²) < 4.78 is 10.5. The summed E-state index contributed by atoms with van der Waals surface area (Å²) >= 11 is 0. The summed E-state index contributed by atoms with van der Waals surface area (Å²) in [7, 11) is 0. The van der Waals surface area contributed by atoms with Crippen molar-refractivity contribution in [3.8, 4) is 12.3 Å². The predicted octanol–water partition coefficient (Wildman–Crippen LogP) is 1.43. The predicted molar refractivity (Wildman–Crippen MR) is 59.8 cm³/mol. The second-order valence-corrected chi connectivity index (χ2v) is 4.58. The normalized spacial score (nSPS) is 33.5. The van der Waals surface area contributed by atoms with Crippen LogP contribution in [0.3, 0.4) is 0 Å². The van der Waals surface area contributed by atoms with Gasteiger partial charge in [-0.3, -0.25) is 9.59 Å². The highest BCUT2D eigenvalue weighted by Gasteiger charge is 2.37. The summed E-state index contributed by atoms with van der Waals surface area (Å²) in [5.74, 6) is 1.86. The fourth-order valence-electron chi connectivity index (χ4n) is 2.37. The number of hydrogen-bond acceptors (Lipinski definition) is 4. The van der Waals surface area contributed by atoms with Crippen LogP contribution in [0.15, 0.2) is 0 Å². The van der Waals surface area contributed by atoms with Crippen LogP contribution in [0.4, 0.5) is 0 Å². The average Bonchev–Trinajstić information content (AvgIpc) is 2.32. The fourth-order valence-corrected chi connectivity index (χ4v) is 2.37. The molecule has 0 aromatic carbocycles. The molecule has 4 heteroatoms. The van der Waals surface area contributed by atoms with Gasteiger partial charge in [0.2, 0.25) is 0 Å². The van der Waals surface area contributed by atoms with Gasteiger partial charge in [0.25, 0.3) is 0 Å². The fraction of sp³-hybridized carbons (Fsp3) is 0.692.